The van der Waals surface area contributed by atoms with E-state index in [2.05, 4.69) is 4.98 Å². The first-order valence-electron chi connectivity index (χ1n) is 10.2. The van der Waals surface area contributed by atoms with Crippen LogP contribution in [0.4, 0.5) is 26.3 Å². The van der Waals surface area contributed by atoms with Crippen LogP contribution < -0.4 is 10.3 Å². The lowest BCUT2D eigenvalue weighted by Gasteiger charge is -2.33. The fourth-order valence-electron chi connectivity index (χ4n) is 4.59. The normalized spacial score (nSPS) is 22.6. The summed E-state index contributed by atoms with van der Waals surface area (Å²) in [5.41, 5.74) is -2.43. The number of aromatic nitrogens is 1. The molecule has 1 aliphatic heterocycles. The van der Waals surface area contributed by atoms with Crippen molar-refractivity contribution in [1.29, 1.82) is 0 Å². The molecule has 2 unspecified atom stereocenters. The van der Waals surface area contributed by atoms with Gasteiger partial charge in [0.05, 0.1) is 17.9 Å². The number of hydrogen-bond donors (Lipinski definition) is 1. The van der Waals surface area contributed by atoms with E-state index in [1.165, 1.54) is 19.2 Å². The van der Waals surface area contributed by atoms with Gasteiger partial charge in [-0.1, -0.05) is 6.92 Å². The first-order chi connectivity index (χ1) is 14.3. The minimum Gasteiger partial charge on any atom is -0.246 e. The van der Waals surface area contributed by atoms with E-state index in [4.69, 9.17) is 0 Å². The predicted octanol–water partition coefficient (Wildman–Crippen LogP) is 6.19. The fourth-order valence-corrected chi connectivity index (χ4v) is 8.48. The minimum atomic E-state index is -5.07. The zero-order valence-electron chi connectivity index (χ0n) is 17.6. The molecular weight excluding hydrogens is 439 g/mol. The molecule has 2 nitrogen and oxygen atoms in total. The van der Waals surface area contributed by atoms with E-state index in [1.807, 2.05) is 6.92 Å². The Kier molecular flexibility index (Phi) is 6.47. The van der Waals surface area contributed by atoms with Crippen LogP contribution in [-0.4, -0.2) is 17.2 Å². The summed E-state index contributed by atoms with van der Waals surface area (Å²) in [6.07, 6.45) is -6.95. The number of halogens is 6. The Morgan fingerprint density at radius 2 is 1.77 bits per heavy atom. The fraction of sp³-hybridized carbons (Fsp3) is 0.500. The third kappa shape index (κ3) is 4.75. The average molecular weight is 465 g/mol. The number of hydrogen-bond acceptors (Lipinski definition) is 1. The Morgan fingerprint density at radius 1 is 1.10 bits per heavy atom. The maximum atomic E-state index is 14.5. The van der Waals surface area contributed by atoms with Crippen molar-refractivity contribution in [2.24, 2.45) is 5.92 Å². The number of aryl methyl sites for hydroxylation is 2. The van der Waals surface area contributed by atoms with E-state index in [-0.39, 0.29) is 35.1 Å². The number of benzene rings is 1. The number of H-pyrrole nitrogens is 1. The molecule has 170 valence electrons. The summed E-state index contributed by atoms with van der Waals surface area (Å²) in [6.45, 7) is 4.79. The summed E-state index contributed by atoms with van der Waals surface area (Å²) in [7, 11) is -3.69. The largest absolute Gasteiger partial charge is 0.421 e. The van der Waals surface area contributed by atoms with Gasteiger partial charge in [-0.25, -0.2) is 9.88 Å². The van der Waals surface area contributed by atoms with Gasteiger partial charge in [-0.2, -0.15) is 26.3 Å². The molecule has 1 aromatic carbocycles. The molecule has 1 aromatic heterocycles. The highest BCUT2D eigenvalue weighted by Crippen LogP contribution is 2.63. The minimum absolute atomic E-state index is 0.0182. The SMILES string of the molecule is CCC1CCC[P+](O)(c2c(C(F)(F)F)cc(C)c(-c3cc(C)cc[nH+]3)c2C(F)(F)F)C1. The van der Waals surface area contributed by atoms with Gasteiger partial charge in [0.25, 0.3) is 0 Å². The van der Waals surface area contributed by atoms with Crippen molar-refractivity contribution in [2.75, 3.05) is 12.3 Å². The van der Waals surface area contributed by atoms with Crippen LogP contribution in [0.25, 0.3) is 11.3 Å². The van der Waals surface area contributed by atoms with Crippen LogP contribution in [0.1, 0.15) is 48.4 Å². The van der Waals surface area contributed by atoms with Gasteiger partial charge in [0.2, 0.25) is 5.69 Å². The van der Waals surface area contributed by atoms with Crippen molar-refractivity contribution in [3.05, 3.63) is 46.6 Å². The van der Waals surface area contributed by atoms with E-state index in [0.29, 0.717) is 24.8 Å². The van der Waals surface area contributed by atoms with Gasteiger partial charge in [0, 0.05) is 12.1 Å². The van der Waals surface area contributed by atoms with Gasteiger partial charge in [-0.05, 0) is 56.2 Å². The Balaban J connectivity index is 2.45. The van der Waals surface area contributed by atoms with Crippen LogP contribution in [0.15, 0.2) is 24.4 Å². The van der Waals surface area contributed by atoms with Gasteiger partial charge in [-0.15, -0.1) is 0 Å². The summed E-state index contributed by atoms with van der Waals surface area (Å²) in [5.74, 6) is -0.0930. The predicted molar refractivity (Wildman–Crippen MR) is 109 cm³/mol. The van der Waals surface area contributed by atoms with E-state index >= 15 is 0 Å². The summed E-state index contributed by atoms with van der Waals surface area (Å²) in [5, 5.41) is -0.929. The van der Waals surface area contributed by atoms with Crippen molar-refractivity contribution in [2.45, 2.75) is 52.4 Å². The molecule has 9 heteroatoms. The highest BCUT2D eigenvalue weighted by Gasteiger charge is 2.56. The van der Waals surface area contributed by atoms with E-state index in [0.717, 1.165) is 6.07 Å². The lowest BCUT2D eigenvalue weighted by molar-refractivity contribution is -0.365. The van der Waals surface area contributed by atoms with Crippen molar-refractivity contribution >= 4 is 12.8 Å². The van der Waals surface area contributed by atoms with Crippen LogP contribution >= 0.6 is 7.49 Å². The second-order valence-corrected chi connectivity index (χ2v) is 11.5. The van der Waals surface area contributed by atoms with Crippen molar-refractivity contribution in [3.63, 3.8) is 0 Å². The molecule has 1 fully saturated rings. The molecule has 3 rings (SSSR count). The van der Waals surface area contributed by atoms with Gasteiger partial charge in [0.15, 0.2) is 13.7 Å². The summed E-state index contributed by atoms with van der Waals surface area (Å²) in [4.78, 5) is 14.2. The molecule has 1 aliphatic rings. The Bertz CT molecular complexity index is 972. The highest BCUT2D eigenvalue weighted by molar-refractivity contribution is 7.78. The van der Waals surface area contributed by atoms with Crippen molar-refractivity contribution in [1.82, 2.24) is 0 Å². The summed E-state index contributed by atoms with van der Waals surface area (Å²) in [6, 6.07) is 3.90. The topological polar surface area (TPSA) is 34.4 Å². The molecule has 2 atom stereocenters. The Morgan fingerprint density at radius 3 is 2.32 bits per heavy atom. The Labute approximate surface area is 178 Å². The van der Waals surface area contributed by atoms with Crippen LogP contribution in [0.5, 0.6) is 0 Å². The second kappa shape index (κ2) is 8.36. The van der Waals surface area contributed by atoms with Crippen molar-refractivity contribution in [3.8, 4) is 11.3 Å². The molecule has 1 saturated heterocycles. The zero-order chi connectivity index (χ0) is 23.2. The molecular formula is C22H26F6NOP+2. The smallest absolute Gasteiger partial charge is 0.246 e. The number of nitrogens with one attached hydrogen (secondary N) is 1. The monoisotopic (exact) mass is 465 g/mol. The second-order valence-electron chi connectivity index (χ2n) is 8.36. The maximum Gasteiger partial charge on any atom is 0.421 e. The molecule has 0 saturated carbocycles. The Hall–Kier alpha value is -1.66. The number of alkyl halides is 6. The summed E-state index contributed by atoms with van der Waals surface area (Å²) >= 11 is 0. The van der Waals surface area contributed by atoms with Gasteiger partial charge in [0.1, 0.15) is 16.4 Å². The van der Waals surface area contributed by atoms with Crippen LogP contribution in [-0.2, 0) is 12.4 Å². The molecule has 31 heavy (non-hydrogen) atoms. The quantitative estimate of drug-likeness (QED) is 0.426. The lowest BCUT2D eigenvalue weighted by Crippen LogP contribution is -2.36. The van der Waals surface area contributed by atoms with Crippen LogP contribution in [0, 0.1) is 19.8 Å². The van der Waals surface area contributed by atoms with E-state index < -0.39 is 36.3 Å². The average Bonchev–Trinajstić information content (AvgIpc) is 2.65. The molecule has 0 amide bonds. The number of pyridine rings is 1. The third-order valence-electron chi connectivity index (χ3n) is 6.01. The first kappa shape index (κ1) is 24.0. The molecule has 2 aromatic rings. The van der Waals surface area contributed by atoms with Crippen LogP contribution in [0.2, 0.25) is 0 Å². The summed E-state index contributed by atoms with van der Waals surface area (Å²) < 4.78 is 85.5. The third-order valence-corrected chi connectivity index (χ3v) is 9.48. The van der Waals surface area contributed by atoms with Gasteiger partial charge in [-0.3, -0.25) is 0 Å². The van der Waals surface area contributed by atoms with Crippen LogP contribution in [0.3, 0.4) is 0 Å². The molecule has 0 spiro atoms. The number of aromatic amines is 1. The standard InChI is InChI=1S/C22H25F6NOP/c1-4-15-6-5-9-31(30,12-15)20-16(21(23,24)25)11-14(3)18(19(20)22(26,27)28)17-10-13(2)7-8-29-17/h7-8,10-11,15,30H,4-6,9,12H2,1-3H3/q+1/p+1. The van der Waals surface area contributed by atoms with Gasteiger partial charge >= 0.3 is 12.4 Å². The van der Waals surface area contributed by atoms with E-state index in [9.17, 15) is 31.2 Å². The highest BCUT2D eigenvalue weighted by atomic mass is 31.2. The first-order valence-corrected chi connectivity index (χ1v) is 12.3. The van der Waals surface area contributed by atoms with Gasteiger partial charge < -0.3 is 0 Å². The van der Waals surface area contributed by atoms with E-state index in [1.54, 1.807) is 13.0 Å². The zero-order valence-corrected chi connectivity index (χ0v) is 18.5. The lowest BCUT2D eigenvalue weighted by atomic mass is 9.94. The maximum absolute atomic E-state index is 14.5. The molecule has 0 bridgehead atoms. The van der Waals surface area contributed by atoms with Crippen molar-refractivity contribution < 1.29 is 36.2 Å². The number of rotatable bonds is 3. The molecule has 2 N–H and O–H groups in total. The molecule has 0 aliphatic carbocycles. The molecule has 2 heterocycles. The molecule has 0 radical (unpaired) electrons.